The average molecular weight is 405 g/mol. The smallest absolute Gasteiger partial charge is 0.338 e. The Hall–Kier alpha value is -3.94. The van der Waals surface area contributed by atoms with Gasteiger partial charge in [0.15, 0.2) is 6.61 Å². The van der Waals surface area contributed by atoms with Gasteiger partial charge in [0.1, 0.15) is 5.69 Å². The van der Waals surface area contributed by atoms with Crippen molar-refractivity contribution in [2.45, 2.75) is 18.9 Å². The summed E-state index contributed by atoms with van der Waals surface area (Å²) in [6.07, 6.45) is 1.93. The van der Waals surface area contributed by atoms with E-state index in [-0.39, 0.29) is 17.3 Å². The summed E-state index contributed by atoms with van der Waals surface area (Å²) in [5.41, 5.74) is 0.797. The second-order valence-electron chi connectivity index (χ2n) is 7.06. The highest BCUT2D eigenvalue weighted by Gasteiger charge is 2.26. The van der Waals surface area contributed by atoms with Crippen LogP contribution in [0, 0.1) is 10.1 Å². The summed E-state index contributed by atoms with van der Waals surface area (Å²) in [5.74, 6) is -1.30. The van der Waals surface area contributed by atoms with Crippen LogP contribution >= 0.6 is 0 Å². The number of nitro benzene ring substituents is 1. The lowest BCUT2D eigenvalue weighted by Crippen LogP contribution is -2.21. The van der Waals surface area contributed by atoms with Gasteiger partial charge in [-0.25, -0.2) is 4.79 Å². The van der Waals surface area contributed by atoms with Crippen LogP contribution in [0.5, 0.6) is 0 Å². The van der Waals surface area contributed by atoms with E-state index in [1.807, 2.05) is 36.4 Å². The predicted molar refractivity (Wildman–Crippen MR) is 113 cm³/mol. The highest BCUT2D eigenvalue weighted by molar-refractivity contribution is 6.03. The number of nitrogens with one attached hydrogen (secondary N) is 2. The number of fused-ring (bicyclic) bond motifs is 1. The Bertz CT molecular complexity index is 1140. The molecule has 0 radical (unpaired) electrons. The van der Waals surface area contributed by atoms with Crippen LogP contribution in [0.25, 0.3) is 10.8 Å². The molecule has 3 aromatic carbocycles. The zero-order valence-electron chi connectivity index (χ0n) is 16.0. The molecule has 0 saturated heterocycles. The fourth-order valence-electron chi connectivity index (χ4n) is 3.11. The first-order chi connectivity index (χ1) is 14.5. The molecule has 4 rings (SSSR count). The Morgan fingerprint density at radius 3 is 2.57 bits per heavy atom. The van der Waals surface area contributed by atoms with Gasteiger partial charge in [0.2, 0.25) is 0 Å². The van der Waals surface area contributed by atoms with Crippen LogP contribution in [0.1, 0.15) is 23.2 Å². The zero-order chi connectivity index (χ0) is 21.1. The second-order valence-corrected chi connectivity index (χ2v) is 7.06. The molecular formula is C22H19N3O5. The van der Waals surface area contributed by atoms with Crippen LogP contribution in [0.15, 0.2) is 60.7 Å². The molecule has 8 heteroatoms. The van der Waals surface area contributed by atoms with Crippen LogP contribution in [0.4, 0.5) is 17.1 Å². The number of hydrogen-bond acceptors (Lipinski definition) is 6. The third-order valence-electron chi connectivity index (χ3n) is 4.77. The molecule has 0 spiro atoms. The molecule has 30 heavy (non-hydrogen) atoms. The first kappa shape index (κ1) is 19.4. The van der Waals surface area contributed by atoms with Crippen molar-refractivity contribution in [1.29, 1.82) is 0 Å². The summed E-state index contributed by atoms with van der Waals surface area (Å²) < 4.78 is 5.05. The molecule has 152 valence electrons. The maximum absolute atomic E-state index is 12.3. The molecule has 0 aliphatic heterocycles. The minimum atomic E-state index is -0.802. The largest absolute Gasteiger partial charge is 0.452 e. The first-order valence-corrected chi connectivity index (χ1v) is 9.51. The van der Waals surface area contributed by atoms with E-state index in [2.05, 4.69) is 10.6 Å². The summed E-state index contributed by atoms with van der Waals surface area (Å²) in [4.78, 5) is 35.3. The quantitative estimate of drug-likeness (QED) is 0.348. The van der Waals surface area contributed by atoms with Crippen LogP contribution in [0.3, 0.4) is 0 Å². The van der Waals surface area contributed by atoms with Gasteiger partial charge >= 0.3 is 5.97 Å². The Balaban J connectivity index is 1.40. The van der Waals surface area contributed by atoms with Crippen molar-refractivity contribution in [2.75, 3.05) is 17.2 Å². The zero-order valence-corrected chi connectivity index (χ0v) is 16.0. The molecule has 1 fully saturated rings. The molecule has 1 aliphatic rings. The number of ether oxygens (including phenoxy) is 1. The van der Waals surface area contributed by atoms with Crippen molar-refractivity contribution in [3.63, 3.8) is 0 Å². The molecule has 2 N–H and O–H groups in total. The topological polar surface area (TPSA) is 111 Å². The molecule has 0 bridgehead atoms. The minimum absolute atomic E-state index is 0.0148. The van der Waals surface area contributed by atoms with E-state index < -0.39 is 23.4 Å². The number of nitro groups is 1. The van der Waals surface area contributed by atoms with E-state index in [1.54, 1.807) is 6.07 Å². The SMILES string of the molecule is O=C(COC(=O)c1ccc(NC2CC2)c([N+](=O)[O-])c1)Nc1cccc2ccccc12. The van der Waals surface area contributed by atoms with Crippen LogP contribution in [-0.2, 0) is 9.53 Å². The molecule has 3 aromatic rings. The van der Waals surface area contributed by atoms with Gasteiger partial charge in [0.05, 0.1) is 10.5 Å². The second kappa shape index (κ2) is 8.20. The van der Waals surface area contributed by atoms with Crippen LogP contribution in [-0.4, -0.2) is 29.4 Å². The van der Waals surface area contributed by atoms with Crippen LogP contribution in [0.2, 0.25) is 0 Å². The number of nitrogens with zero attached hydrogens (tertiary/aromatic N) is 1. The number of carbonyl (C=O) groups excluding carboxylic acids is 2. The summed E-state index contributed by atoms with van der Waals surface area (Å²) in [5, 5.41) is 19.0. The predicted octanol–water partition coefficient (Wildman–Crippen LogP) is 4.12. The third-order valence-corrected chi connectivity index (χ3v) is 4.77. The van der Waals surface area contributed by atoms with Gasteiger partial charge < -0.3 is 15.4 Å². The van der Waals surface area contributed by atoms with Crippen molar-refractivity contribution in [2.24, 2.45) is 0 Å². The van der Waals surface area contributed by atoms with Crippen molar-refractivity contribution < 1.29 is 19.2 Å². The van der Waals surface area contributed by atoms with E-state index >= 15 is 0 Å². The molecule has 0 atom stereocenters. The van der Waals surface area contributed by atoms with Crippen molar-refractivity contribution in [3.8, 4) is 0 Å². The normalized spacial score (nSPS) is 12.9. The van der Waals surface area contributed by atoms with E-state index in [1.165, 1.54) is 12.1 Å². The number of carbonyl (C=O) groups is 2. The molecule has 0 heterocycles. The minimum Gasteiger partial charge on any atom is -0.452 e. The molecule has 0 aromatic heterocycles. The number of amides is 1. The van der Waals surface area contributed by atoms with Gasteiger partial charge in [0.25, 0.3) is 11.6 Å². The summed E-state index contributed by atoms with van der Waals surface area (Å²) in [6, 6.07) is 17.4. The number of esters is 1. The van der Waals surface area contributed by atoms with Crippen molar-refractivity contribution in [1.82, 2.24) is 0 Å². The monoisotopic (exact) mass is 405 g/mol. The van der Waals surface area contributed by atoms with Gasteiger partial charge in [-0.1, -0.05) is 36.4 Å². The number of hydrogen-bond donors (Lipinski definition) is 2. The fourth-order valence-corrected chi connectivity index (χ4v) is 3.11. The van der Waals surface area contributed by atoms with Gasteiger partial charge in [-0.05, 0) is 36.4 Å². The van der Waals surface area contributed by atoms with Crippen molar-refractivity contribution in [3.05, 3.63) is 76.3 Å². The van der Waals surface area contributed by atoms with E-state index in [0.29, 0.717) is 11.4 Å². The van der Waals surface area contributed by atoms with Crippen molar-refractivity contribution >= 4 is 39.7 Å². The number of benzene rings is 3. The summed E-state index contributed by atoms with van der Waals surface area (Å²) in [6.45, 7) is -0.502. The number of anilines is 2. The first-order valence-electron chi connectivity index (χ1n) is 9.51. The molecule has 8 nitrogen and oxygen atoms in total. The highest BCUT2D eigenvalue weighted by atomic mass is 16.6. The van der Waals surface area contributed by atoms with Gasteiger partial charge in [-0.3, -0.25) is 14.9 Å². The number of rotatable bonds is 7. The summed E-state index contributed by atoms with van der Waals surface area (Å²) in [7, 11) is 0. The Morgan fingerprint density at radius 2 is 1.80 bits per heavy atom. The Labute approximate surface area is 172 Å². The molecule has 0 unspecified atom stereocenters. The van der Waals surface area contributed by atoms with Gasteiger partial charge in [-0.2, -0.15) is 0 Å². The lowest BCUT2D eigenvalue weighted by Gasteiger charge is -2.10. The molecular weight excluding hydrogens is 386 g/mol. The lowest BCUT2D eigenvalue weighted by molar-refractivity contribution is -0.384. The van der Waals surface area contributed by atoms with Gasteiger partial charge in [-0.15, -0.1) is 0 Å². The maximum Gasteiger partial charge on any atom is 0.338 e. The van der Waals surface area contributed by atoms with E-state index in [4.69, 9.17) is 4.74 Å². The molecule has 1 saturated carbocycles. The Kier molecular flexibility index (Phi) is 5.30. The average Bonchev–Trinajstić information content (AvgIpc) is 3.56. The Morgan fingerprint density at radius 1 is 1.03 bits per heavy atom. The summed E-state index contributed by atoms with van der Waals surface area (Å²) >= 11 is 0. The maximum atomic E-state index is 12.3. The van der Waals surface area contributed by atoms with Crippen LogP contribution < -0.4 is 10.6 Å². The fraction of sp³-hybridized carbons (Fsp3) is 0.182. The van der Waals surface area contributed by atoms with E-state index in [0.717, 1.165) is 29.7 Å². The molecule has 1 amide bonds. The molecule has 1 aliphatic carbocycles. The lowest BCUT2D eigenvalue weighted by atomic mass is 10.1. The standard InChI is InChI=1S/C22H19N3O5/c26-21(24-18-7-3-5-14-4-1-2-6-17(14)18)13-30-22(27)15-8-11-19(23-16-9-10-16)20(12-15)25(28)29/h1-8,11-12,16,23H,9-10,13H2,(H,24,26). The van der Waals surface area contributed by atoms with Gasteiger partial charge in [0, 0.05) is 23.2 Å². The highest BCUT2D eigenvalue weighted by Crippen LogP contribution is 2.31. The van der Waals surface area contributed by atoms with E-state index in [9.17, 15) is 19.7 Å². The third kappa shape index (κ3) is 4.38.